The molecular weight excluding hydrogens is 224 g/mol. The van der Waals surface area contributed by atoms with Gasteiger partial charge >= 0.3 is 0 Å². The van der Waals surface area contributed by atoms with Crippen LogP contribution in [0.5, 0.6) is 0 Å². The first-order valence-electron chi connectivity index (χ1n) is 6.23. The van der Waals surface area contributed by atoms with E-state index in [1.165, 1.54) is 0 Å². The van der Waals surface area contributed by atoms with E-state index in [4.69, 9.17) is 0 Å². The minimum absolute atomic E-state index is 0.0520. The van der Waals surface area contributed by atoms with Crippen molar-refractivity contribution in [2.75, 3.05) is 0 Å². The van der Waals surface area contributed by atoms with Crippen LogP contribution >= 0.6 is 0 Å². The number of carbonyl (C=O) groups is 1. The van der Waals surface area contributed by atoms with Crippen molar-refractivity contribution in [3.05, 3.63) is 54.4 Å². The Kier molecular flexibility index (Phi) is 3.82. The van der Waals surface area contributed by atoms with Crippen LogP contribution in [0.3, 0.4) is 0 Å². The molecule has 1 aromatic carbocycles. The Hall–Kier alpha value is -2.03. The van der Waals surface area contributed by atoms with E-state index < -0.39 is 0 Å². The van der Waals surface area contributed by atoms with Crippen molar-refractivity contribution in [2.24, 2.45) is 0 Å². The molecule has 0 saturated carbocycles. The third-order valence-corrected chi connectivity index (χ3v) is 2.99. The Morgan fingerprint density at radius 3 is 2.39 bits per heavy atom. The van der Waals surface area contributed by atoms with Gasteiger partial charge in [0, 0.05) is 24.5 Å². The third kappa shape index (κ3) is 2.80. The molecule has 0 radical (unpaired) electrons. The maximum Gasteiger partial charge on any atom is 0.220 e. The zero-order valence-electron chi connectivity index (χ0n) is 10.8. The number of aromatic nitrogens is 1. The molecule has 94 valence electrons. The highest BCUT2D eigenvalue weighted by molar-refractivity contribution is 5.76. The first-order chi connectivity index (χ1) is 8.70. The summed E-state index contributed by atoms with van der Waals surface area (Å²) in [7, 11) is 0. The first-order valence-corrected chi connectivity index (χ1v) is 6.23. The van der Waals surface area contributed by atoms with Gasteiger partial charge < -0.3 is 9.88 Å². The van der Waals surface area contributed by atoms with Gasteiger partial charge in [-0.2, -0.15) is 0 Å². The van der Waals surface area contributed by atoms with Gasteiger partial charge in [-0.05, 0) is 36.8 Å². The molecule has 1 N–H and O–H groups in total. The molecule has 1 unspecified atom stereocenters. The Labute approximate surface area is 107 Å². The normalized spacial score (nSPS) is 12.1. The zero-order valence-corrected chi connectivity index (χ0v) is 10.8. The molecule has 0 spiro atoms. The summed E-state index contributed by atoms with van der Waals surface area (Å²) < 4.78 is 2.05. The van der Waals surface area contributed by atoms with Crippen LogP contribution in [0.4, 0.5) is 0 Å². The molecule has 2 aromatic rings. The number of rotatable bonds is 4. The summed E-state index contributed by atoms with van der Waals surface area (Å²) in [5.41, 5.74) is 2.24. The lowest BCUT2D eigenvalue weighted by atomic mass is 10.1. The van der Waals surface area contributed by atoms with Crippen molar-refractivity contribution < 1.29 is 4.79 Å². The number of hydrogen-bond donors (Lipinski definition) is 1. The molecule has 1 heterocycles. The van der Waals surface area contributed by atoms with Gasteiger partial charge in [-0.1, -0.05) is 19.1 Å². The smallest absolute Gasteiger partial charge is 0.220 e. The monoisotopic (exact) mass is 242 g/mol. The van der Waals surface area contributed by atoms with Crippen molar-refractivity contribution in [1.29, 1.82) is 0 Å². The lowest BCUT2D eigenvalue weighted by Gasteiger charge is -2.14. The number of nitrogens with one attached hydrogen (secondary N) is 1. The highest BCUT2D eigenvalue weighted by atomic mass is 16.1. The number of benzene rings is 1. The SMILES string of the molecule is CCC(=O)NC(C)c1ccc(-n2cccc2)cc1. The standard InChI is InChI=1S/C15H18N2O/c1-3-15(18)16-12(2)13-6-8-14(9-7-13)17-10-4-5-11-17/h4-12H,3H2,1-2H3,(H,16,18). The molecule has 0 aliphatic rings. The topological polar surface area (TPSA) is 34.0 Å². The molecular formula is C15H18N2O. The highest BCUT2D eigenvalue weighted by Crippen LogP contribution is 2.15. The van der Waals surface area contributed by atoms with E-state index in [9.17, 15) is 4.79 Å². The Bertz CT molecular complexity index is 500. The largest absolute Gasteiger partial charge is 0.350 e. The molecule has 0 aliphatic heterocycles. The minimum atomic E-state index is 0.0520. The lowest BCUT2D eigenvalue weighted by molar-refractivity contribution is -0.121. The molecule has 3 nitrogen and oxygen atoms in total. The van der Waals surface area contributed by atoms with E-state index in [0.717, 1.165) is 11.3 Å². The molecule has 18 heavy (non-hydrogen) atoms. The summed E-state index contributed by atoms with van der Waals surface area (Å²) >= 11 is 0. The summed E-state index contributed by atoms with van der Waals surface area (Å²) in [6.45, 7) is 3.86. The van der Waals surface area contributed by atoms with E-state index in [0.29, 0.717) is 6.42 Å². The average Bonchev–Trinajstić information content (AvgIpc) is 2.92. The summed E-state index contributed by atoms with van der Waals surface area (Å²) in [4.78, 5) is 11.3. The van der Waals surface area contributed by atoms with E-state index in [-0.39, 0.29) is 11.9 Å². The number of nitrogens with zero attached hydrogens (tertiary/aromatic N) is 1. The molecule has 0 bridgehead atoms. The number of carbonyl (C=O) groups excluding carboxylic acids is 1. The second-order valence-electron chi connectivity index (χ2n) is 4.32. The van der Waals surface area contributed by atoms with Crippen LogP contribution in [0.25, 0.3) is 5.69 Å². The van der Waals surface area contributed by atoms with E-state index >= 15 is 0 Å². The first kappa shape index (κ1) is 12.4. The fourth-order valence-corrected chi connectivity index (χ4v) is 1.87. The fraction of sp³-hybridized carbons (Fsp3) is 0.267. The van der Waals surface area contributed by atoms with Crippen molar-refractivity contribution in [2.45, 2.75) is 26.3 Å². The van der Waals surface area contributed by atoms with Crippen molar-refractivity contribution >= 4 is 5.91 Å². The average molecular weight is 242 g/mol. The maximum absolute atomic E-state index is 11.3. The van der Waals surface area contributed by atoms with Crippen molar-refractivity contribution in [3.8, 4) is 5.69 Å². The summed E-state index contributed by atoms with van der Waals surface area (Å²) in [5.74, 6) is 0.0805. The van der Waals surface area contributed by atoms with Gasteiger partial charge in [0.1, 0.15) is 0 Å². The molecule has 1 amide bonds. The minimum Gasteiger partial charge on any atom is -0.350 e. The lowest BCUT2D eigenvalue weighted by Crippen LogP contribution is -2.25. The van der Waals surface area contributed by atoms with Crippen molar-refractivity contribution in [1.82, 2.24) is 9.88 Å². The van der Waals surface area contributed by atoms with Crippen LogP contribution < -0.4 is 5.32 Å². The van der Waals surface area contributed by atoms with E-state index in [1.54, 1.807) is 0 Å². The fourth-order valence-electron chi connectivity index (χ4n) is 1.87. The van der Waals surface area contributed by atoms with Gasteiger partial charge in [0.2, 0.25) is 5.91 Å². The molecule has 0 saturated heterocycles. The zero-order chi connectivity index (χ0) is 13.0. The quantitative estimate of drug-likeness (QED) is 0.878. The summed E-state index contributed by atoms with van der Waals surface area (Å²) in [6, 6.07) is 12.3. The second-order valence-corrected chi connectivity index (χ2v) is 4.32. The molecule has 0 fully saturated rings. The summed E-state index contributed by atoms with van der Waals surface area (Å²) in [6.07, 6.45) is 4.54. The molecule has 1 atom stereocenters. The van der Waals surface area contributed by atoms with Gasteiger partial charge in [-0.15, -0.1) is 0 Å². The van der Waals surface area contributed by atoms with E-state index in [2.05, 4.69) is 34.1 Å². The maximum atomic E-state index is 11.3. The number of hydrogen-bond acceptors (Lipinski definition) is 1. The molecule has 1 aromatic heterocycles. The summed E-state index contributed by atoms with van der Waals surface area (Å²) in [5, 5.41) is 2.95. The van der Waals surface area contributed by atoms with Gasteiger partial charge in [0.05, 0.1) is 6.04 Å². The van der Waals surface area contributed by atoms with Gasteiger partial charge in [-0.3, -0.25) is 4.79 Å². The number of amides is 1. The predicted octanol–water partition coefficient (Wildman–Crippen LogP) is 3.06. The van der Waals surface area contributed by atoms with Crippen LogP contribution in [-0.2, 0) is 4.79 Å². The Balaban J connectivity index is 2.10. The highest BCUT2D eigenvalue weighted by Gasteiger charge is 2.07. The molecule has 2 rings (SSSR count). The molecule has 0 aliphatic carbocycles. The van der Waals surface area contributed by atoms with Gasteiger partial charge in [0.15, 0.2) is 0 Å². The third-order valence-electron chi connectivity index (χ3n) is 2.99. The predicted molar refractivity (Wildman–Crippen MR) is 72.6 cm³/mol. The van der Waals surface area contributed by atoms with E-state index in [1.807, 2.05) is 38.4 Å². The van der Waals surface area contributed by atoms with Crippen molar-refractivity contribution in [3.63, 3.8) is 0 Å². The van der Waals surface area contributed by atoms with Gasteiger partial charge in [-0.25, -0.2) is 0 Å². The Morgan fingerprint density at radius 2 is 1.83 bits per heavy atom. The molecule has 3 heteroatoms. The second kappa shape index (κ2) is 5.54. The van der Waals surface area contributed by atoms with Crippen LogP contribution in [0.1, 0.15) is 31.9 Å². The van der Waals surface area contributed by atoms with Crippen LogP contribution in [0, 0.1) is 0 Å². The van der Waals surface area contributed by atoms with Crippen LogP contribution in [0.15, 0.2) is 48.8 Å². The Morgan fingerprint density at radius 1 is 1.22 bits per heavy atom. The van der Waals surface area contributed by atoms with Crippen LogP contribution in [0.2, 0.25) is 0 Å². The van der Waals surface area contributed by atoms with Crippen LogP contribution in [-0.4, -0.2) is 10.5 Å². The van der Waals surface area contributed by atoms with Gasteiger partial charge in [0.25, 0.3) is 0 Å².